The van der Waals surface area contributed by atoms with Crippen LogP contribution in [0.2, 0.25) is 5.02 Å². The predicted molar refractivity (Wildman–Crippen MR) is 81.5 cm³/mol. The fourth-order valence-corrected chi connectivity index (χ4v) is 2.83. The minimum absolute atomic E-state index is 0.175. The first kappa shape index (κ1) is 13.4. The average molecular weight is 309 g/mol. The molecule has 0 aliphatic carbocycles. The van der Waals surface area contributed by atoms with Crippen molar-refractivity contribution in [3.8, 4) is 11.3 Å². The number of nitrogens with zero attached hydrogens (tertiary/aromatic N) is 3. The van der Waals surface area contributed by atoms with E-state index in [-0.39, 0.29) is 6.61 Å². The maximum Gasteiger partial charge on any atom is 0.214 e. The number of aliphatic hydroxyl groups excluding tert-OH is 1. The number of rotatable bonds is 5. The van der Waals surface area contributed by atoms with Crippen LogP contribution in [0, 0.1) is 0 Å². The highest BCUT2D eigenvalue weighted by Gasteiger charge is 2.09. The molecule has 1 aromatic carbocycles. The van der Waals surface area contributed by atoms with Gasteiger partial charge in [0, 0.05) is 23.7 Å². The molecular weight excluding hydrogens is 296 g/mol. The fraction of sp³-hybridized carbons (Fsp3) is 0.231. The Bertz CT molecular complexity index is 693. The Kier molecular flexibility index (Phi) is 3.86. The monoisotopic (exact) mass is 308 g/mol. The molecule has 0 aliphatic heterocycles. The first-order chi connectivity index (χ1) is 9.76. The molecule has 0 radical (unpaired) electrons. The molecule has 3 rings (SSSR count). The topological polar surface area (TPSA) is 62.5 Å². The predicted octanol–water partition coefficient (Wildman–Crippen LogP) is 2.91. The van der Waals surface area contributed by atoms with E-state index in [1.807, 2.05) is 30.5 Å². The number of aliphatic hydroxyl groups is 1. The van der Waals surface area contributed by atoms with E-state index >= 15 is 0 Å². The molecule has 7 heteroatoms. The van der Waals surface area contributed by atoms with Crippen LogP contribution < -0.4 is 5.32 Å². The number of halogens is 1. The minimum atomic E-state index is 0.175. The van der Waals surface area contributed by atoms with Crippen LogP contribution in [0.15, 0.2) is 30.5 Å². The highest BCUT2D eigenvalue weighted by atomic mass is 35.5. The molecule has 0 saturated heterocycles. The van der Waals surface area contributed by atoms with Crippen LogP contribution in [0.3, 0.4) is 0 Å². The zero-order valence-corrected chi connectivity index (χ0v) is 12.2. The van der Waals surface area contributed by atoms with Crippen LogP contribution in [-0.2, 0) is 0 Å². The number of anilines is 1. The Hall–Kier alpha value is -1.63. The minimum Gasteiger partial charge on any atom is -0.396 e. The van der Waals surface area contributed by atoms with Gasteiger partial charge in [-0.15, -0.1) is 5.10 Å². The summed E-state index contributed by atoms with van der Waals surface area (Å²) in [7, 11) is 0. The number of imidazole rings is 1. The molecule has 2 aromatic heterocycles. The second kappa shape index (κ2) is 5.78. The summed E-state index contributed by atoms with van der Waals surface area (Å²) in [6, 6.07) is 7.60. The molecule has 0 aliphatic rings. The Morgan fingerprint density at radius 3 is 3.05 bits per heavy atom. The molecule has 0 amide bonds. The zero-order valence-electron chi connectivity index (χ0n) is 10.6. The van der Waals surface area contributed by atoms with Gasteiger partial charge in [0.2, 0.25) is 10.1 Å². The van der Waals surface area contributed by atoms with Gasteiger partial charge >= 0.3 is 0 Å². The normalized spacial score (nSPS) is 11.1. The van der Waals surface area contributed by atoms with Crippen molar-refractivity contribution in [2.24, 2.45) is 0 Å². The van der Waals surface area contributed by atoms with Gasteiger partial charge in [-0.05, 0) is 18.6 Å². The van der Waals surface area contributed by atoms with Gasteiger partial charge in [0.25, 0.3) is 0 Å². The van der Waals surface area contributed by atoms with Crippen molar-refractivity contribution in [2.45, 2.75) is 6.42 Å². The van der Waals surface area contributed by atoms with Gasteiger partial charge in [-0.2, -0.15) is 0 Å². The van der Waals surface area contributed by atoms with Crippen LogP contribution in [0.25, 0.3) is 16.2 Å². The molecule has 2 heterocycles. The third kappa shape index (κ3) is 2.77. The van der Waals surface area contributed by atoms with Gasteiger partial charge < -0.3 is 10.4 Å². The Balaban J connectivity index is 1.83. The largest absolute Gasteiger partial charge is 0.396 e. The van der Waals surface area contributed by atoms with Crippen molar-refractivity contribution in [2.75, 3.05) is 18.5 Å². The average Bonchev–Trinajstić information content (AvgIpc) is 2.97. The summed E-state index contributed by atoms with van der Waals surface area (Å²) in [6.45, 7) is 0.878. The van der Waals surface area contributed by atoms with Crippen LogP contribution in [0.1, 0.15) is 6.42 Å². The van der Waals surface area contributed by atoms with E-state index in [0.717, 1.165) is 21.3 Å². The van der Waals surface area contributed by atoms with Crippen LogP contribution in [0.4, 0.5) is 5.13 Å². The highest BCUT2D eigenvalue weighted by molar-refractivity contribution is 7.20. The molecule has 5 nitrogen and oxygen atoms in total. The van der Waals surface area contributed by atoms with Gasteiger partial charge in [-0.3, -0.25) is 0 Å². The zero-order chi connectivity index (χ0) is 13.9. The molecule has 104 valence electrons. The first-order valence-electron chi connectivity index (χ1n) is 6.23. The summed E-state index contributed by atoms with van der Waals surface area (Å²) in [5.41, 5.74) is 1.83. The molecule has 20 heavy (non-hydrogen) atoms. The van der Waals surface area contributed by atoms with E-state index in [1.54, 1.807) is 4.52 Å². The maximum absolute atomic E-state index is 8.74. The van der Waals surface area contributed by atoms with Gasteiger partial charge in [0.1, 0.15) is 0 Å². The van der Waals surface area contributed by atoms with Crippen molar-refractivity contribution in [3.05, 3.63) is 35.5 Å². The number of nitrogens with one attached hydrogen (secondary N) is 1. The lowest BCUT2D eigenvalue weighted by Crippen LogP contribution is -2.03. The van der Waals surface area contributed by atoms with Crippen molar-refractivity contribution >= 4 is 33.0 Å². The van der Waals surface area contributed by atoms with Crippen molar-refractivity contribution in [3.63, 3.8) is 0 Å². The SMILES string of the molecule is OCCCNc1nn2cc(-c3cccc(Cl)c3)nc2s1. The summed E-state index contributed by atoms with van der Waals surface area (Å²) in [5.74, 6) is 0. The molecule has 3 aromatic rings. The number of aromatic nitrogens is 3. The Morgan fingerprint density at radius 2 is 2.30 bits per heavy atom. The smallest absolute Gasteiger partial charge is 0.214 e. The van der Waals surface area contributed by atoms with Gasteiger partial charge in [0.05, 0.1) is 11.9 Å². The lowest BCUT2D eigenvalue weighted by molar-refractivity contribution is 0.292. The summed E-state index contributed by atoms with van der Waals surface area (Å²) >= 11 is 7.47. The second-order valence-electron chi connectivity index (χ2n) is 4.27. The molecule has 0 bridgehead atoms. The van der Waals surface area contributed by atoms with Crippen LogP contribution in [0.5, 0.6) is 0 Å². The third-order valence-electron chi connectivity index (χ3n) is 2.77. The van der Waals surface area contributed by atoms with E-state index in [9.17, 15) is 0 Å². The number of fused-ring (bicyclic) bond motifs is 1. The molecule has 0 saturated carbocycles. The van der Waals surface area contributed by atoms with E-state index in [2.05, 4.69) is 15.4 Å². The summed E-state index contributed by atoms with van der Waals surface area (Å²) in [4.78, 5) is 5.37. The Morgan fingerprint density at radius 1 is 1.40 bits per heavy atom. The molecule has 0 spiro atoms. The highest BCUT2D eigenvalue weighted by Crippen LogP contribution is 2.25. The Labute approximate surface area is 124 Å². The number of benzene rings is 1. The lowest BCUT2D eigenvalue weighted by atomic mass is 10.2. The molecule has 2 N–H and O–H groups in total. The third-order valence-corrected chi connectivity index (χ3v) is 3.89. The van der Waals surface area contributed by atoms with E-state index in [1.165, 1.54) is 11.3 Å². The van der Waals surface area contributed by atoms with Crippen molar-refractivity contribution in [1.29, 1.82) is 0 Å². The summed E-state index contributed by atoms with van der Waals surface area (Å²) < 4.78 is 1.75. The molecule has 0 unspecified atom stereocenters. The van der Waals surface area contributed by atoms with Gasteiger partial charge in [0.15, 0.2) is 0 Å². The molecule has 0 atom stereocenters. The molecular formula is C13H13ClN4OS. The summed E-state index contributed by atoms with van der Waals surface area (Å²) in [6.07, 6.45) is 2.59. The van der Waals surface area contributed by atoms with Crippen LogP contribution >= 0.6 is 22.9 Å². The van der Waals surface area contributed by atoms with Crippen molar-refractivity contribution < 1.29 is 5.11 Å². The summed E-state index contributed by atoms with van der Waals surface area (Å²) in [5, 5.41) is 17.8. The first-order valence-corrected chi connectivity index (χ1v) is 7.42. The fourth-order valence-electron chi connectivity index (χ4n) is 1.83. The van der Waals surface area contributed by atoms with E-state index in [4.69, 9.17) is 16.7 Å². The molecule has 0 fully saturated rings. The maximum atomic E-state index is 8.74. The quantitative estimate of drug-likeness (QED) is 0.711. The second-order valence-corrected chi connectivity index (χ2v) is 5.67. The number of hydrogen-bond acceptors (Lipinski definition) is 5. The standard InChI is InChI=1S/C13H13ClN4OS/c14-10-4-1-3-9(7-10)11-8-18-13(16-11)20-12(17-18)15-5-2-6-19/h1,3-4,7-8,19H,2,5-6H2,(H,15,17). The van der Waals surface area contributed by atoms with Gasteiger partial charge in [-0.1, -0.05) is 35.1 Å². The van der Waals surface area contributed by atoms with Crippen LogP contribution in [-0.4, -0.2) is 32.9 Å². The lowest BCUT2D eigenvalue weighted by Gasteiger charge is -1.98. The number of hydrogen-bond donors (Lipinski definition) is 2. The van der Waals surface area contributed by atoms with E-state index < -0.39 is 0 Å². The van der Waals surface area contributed by atoms with Crippen molar-refractivity contribution in [1.82, 2.24) is 14.6 Å². The van der Waals surface area contributed by atoms with E-state index in [0.29, 0.717) is 18.0 Å². The van der Waals surface area contributed by atoms with Gasteiger partial charge in [-0.25, -0.2) is 9.50 Å².